The minimum absolute atomic E-state index is 0.0816. The molecule has 6 aromatic rings. The molecular formula is C58H48F24N2O8. The van der Waals surface area contributed by atoms with Crippen molar-refractivity contribution in [2.75, 3.05) is 19.8 Å². The van der Waals surface area contributed by atoms with Crippen LogP contribution in [0, 0.1) is 23.3 Å². The number of benzene rings is 6. The van der Waals surface area contributed by atoms with Crippen molar-refractivity contribution in [3.05, 3.63) is 202 Å². The first kappa shape index (κ1) is 75.2. The SMILES string of the molecule is C1CCOC1.O=C(N[C@](Cc1ccccc1)(c1ccc(F)cc1)c1cc(F)cc(OC(F)(F)C(F)F)c1)C(O)C(O)(C(F)(F)F)C(F)(F)F.OC(CN[C@](Cc1ccccc1)(c1ccc(F)cc1)c1cc(F)cc(OC(F)(F)C(F)F)c1)C(O)(C(F)(F)F)C(F)(F)F. The van der Waals surface area contributed by atoms with Gasteiger partial charge in [0.25, 0.3) is 17.1 Å². The Morgan fingerprint density at radius 3 is 1.14 bits per heavy atom. The molecule has 1 aliphatic heterocycles. The molecule has 7 rings (SSSR count). The highest BCUT2D eigenvalue weighted by molar-refractivity contribution is 5.84. The number of halogens is 24. The third kappa shape index (κ3) is 17.6. The molecule has 0 saturated carbocycles. The molecule has 1 fully saturated rings. The van der Waals surface area contributed by atoms with E-state index in [-0.39, 0.29) is 28.8 Å². The number of amides is 1. The number of rotatable bonds is 21. The highest BCUT2D eigenvalue weighted by Crippen LogP contribution is 2.48. The summed E-state index contributed by atoms with van der Waals surface area (Å²) in [5, 5.41) is 43.4. The summed E-state index contributed by atoms with van der Waals surface area (Å²) in [7, 11) is 0. The Morgan fingerprint density at radius 2 is 0.804 bits per heavy atom. The maximum Gasteiger partial charge on any atom is 0.461 e. The third-order valence-corrected chi connectivity index (χ3v) is 13.7. The number of nitrogens with one attached hydrogen (secondary N) is 2. The van der Waals surface area contributed by atoms with Gasteiger partial charge in [-0.2, -0.15) is 87.8 Å². The summed E-state index contributed by atoms with van der Waals surface area (Å²) >= 11 is 0. The average Bonchev–Trinajstić information content (AvgIpc) is 0.926. The first-order valence-corrected chi connectivity index (χ1v) is 26.0. The zero-order valence-corrected chi connectivity index (χ0v) is 46.1. The lowest BCUT2D eigenvalue weighted by Crippen LogP contribution is -2.69. The summed E-state index contributed by atoms with van der Waals surface area (Å²) < 4.78 is 337. The van der Waals surface area contributed by atoms with Crippen molar-refractivity contribution in [3.63, 3.8) is 0 Å². The highest BCUT2D eigenvalue weighted by Gasteiger charge is 2.76. The number of carbonyl (C=O) groups excluding carboxylic acids is 1. The van der Waals surface area contributed by atoms with Crippen LogP contribution < -0.4 is 20.1 Å². The summed E-state index contributed by atoms with van der Waals surface area (Å²) in [5.74, 6) is -9.89. The van der Waals surface area contributed by atoms with Crippen molar-refractivity contribution in [2.24, 2.45) is 0 Å². The van der Waals surface area contributed by atoms with E-state index in [4.69, 9.17) is 4.74 Å². The van der Waals surface area contributed by atoms with Crippen molar-refractivity contribution in [2.45, 2.75) is 110 Å². The lowest BCUT2D eigenvalue weighted by molar-refractivity contribution is -0.390. The maximum absolute atomic E-state index is 14.8. The molecule has 506 valence electrons. The molecule has 6 N–H and O–H groups in total. The van der Waals surface area contributed by atoms with Crippen molar-refractivity contribution in [1.29, 1.82) is 0 Å². The van der Waals surface area contributed by atoms with Crippen LogP contribution in [0.4, 0.5) is 105 Å². The fourth-order valence-corrected chi connectivity index (χ4v) is 9.02. The zero-order valence-electron chi connectivity index (χ0n) is 46.1. The fraction of sp³-hybridized carbons (Fsp3) is 0.362. The largest absolute Gasteiger partial charge is 0.461 e. The van der Waals surface area contributed by atoms with Gasteiger partial charge in [-0.3, -0.25) is 4.79 Å². The van der Waals surface area contributed by atoms with E-state index in [9.17, 15) is 131 Å². The van der Waals surface area contributed by atoms with Crippen LogP contribution in [0.1, 0.15) is 46.2 Å². The summed E-state index contributed by atoms with van der Waals surface area (Å²) in [6.45, 7) is 0.264. The van der Waals surface area contributed by atoms with E-state index in [1.807, 2.05) is 0 Å². The smallest absolute Gasteiger partial charge is 0.428 e. The molecule has 0 bridgehead atoms. The van der Waals surface area contributed by atoms with Crippen molar-refractivity contribution in [3.8, 4) is 11.5 Å². The van der Waals surface area contributed by atoms with Gasteiger partial charge in [-0.1, -0.05) is 84.9 Å². The van der Waals surface area contributed by atoms with Gasteiger partial charge in [0, 0.05) is 38.3 Å². The molecule has 1 heterocycles. The lowest BCUT2D eigenvalue weighted by Gasteiger charge is -2.41. The molecule has 2 unspecified atom stereocenters. The Kier molecular flexibility index (Phi) is 23.9. The monoisotopic (exact) mass is 1360 g/mol. The van der Waals surface area contributed by atoms with Gasteiger partial charge in [0.05, 0.1) is 11.1 Å². The minimum Gasteiger partial charge on any atom is -0.428 e. The summed E-state index contributed by atoms with van der Waals surface area (Å²) in [6, 6.07) is 23.0. The van der Waals surface area contributed by atoms with Crippen LogP contribution in [0.3, 0.4) is 0 Å². The van der Waals surface area contributed by atoms with Gasteiger partial charge in [-0.25, -0.2) is 17.6 Å². The van der Waals surface area contributed by atoms with Crippen molar-refractivity contribution < 1.29 is 145 Å². The molecule has 4 atom stereocenters. The number of hydrogen-bond acceptors (Lipinski definition) is 9. The van der Waals surface area contributed by atoms with Crippen LogP contribution in [-0.2, 0) is 33.5 Å². The van der Waals surface area contributed by atoms with Gasteiger partial charge < -0.3 is 45.3 Å². The lowest BCUT2D eigenvalue weighted by atomic mass is 9.77. The topological polar surface area (TPSA) is 150 Å². The number of aliphatic hydroxyl groups is 4. The molecule has 1 aliphatic rings. The molecule has 0 spiro atoms. The number of hydrogen-bond donors (Lipinski definition) is 6. The number of aliphatic hydroxyl groups excluding tert-OH is 2. The zero-order chi connectivity index (χ0) is 69.3. The van der Waals surface area contributed by atoms with Crippen LogP contribution in [-0.4, -0.2) is 119 Å². The predicted molar refractivity (Wildman–Crippen MR) is 273 cm³/mol. The Morgan fingerprint density at radius 1 is 0.457 bits per heavy atom. The van der Waals surface area contributed by atoms with E-state index in [0.717, 1.165) is 49.6 Å². The van der Waals surface area contributed by atoms with Gasteiger partial charge in [0.2, 0.25) is 0 Å². The van der Waals surface area contributed by atoms with Gasteiger partial charge in [-0.05, 0) is 101 Å². The number of ether oxygens (including phenoxy) is 3. The average molecular weight is 1360 g/mol. The van der Waals surface area contributed by atoms with E-state index >= 15 is 0 Å². The normalized spacial score (nSPS) is 15.7. The molecular weight excluding hydrogens is 1310 g/mol. The van der Waals surface area contributed by atoms with Gasteiger partial charge in [-0.15, -0.1) is 0 Å². The standard InChI is InChI=1S/C27H19F12NO4.C27H21F12NO3.C4H8O/c28-17-8-6-15(7-9-17)23(13-14-4-2-1-3-5-14,16-10-18(29)12-19(11-16)44-25(32,33)22(30)31)40-21(42)20(41)24(43,26(34,35)36)27(37,38)39;28-18-8-6-16(7-9-18)23(13-15-4-2-1-3-5-15,40-14-21(41)24(42,26(34,35)36)27(37,38)39)17-10-19(29)12-20(11-17)43-25(32,33)22(30)31;1-2-4-5-3-1/h1-12,20,22,41,43H,13H2,(H,40,42);1-12,21-22,40-42H,13-14H2;1-4H2/t20?,23-;21?,23-;/m11./s1. The van der Waals surface area contributed by atoms with Crippen LogP contribution in [0.5, 0.6) is 11.5 Å². The summed E-state index contributed by atoms with van der Waals surface area (Å²) in [4.78, 5) is 13.1. The molecule has 1 saturated heterocycles. The summed E-state index contributed by atoms with van der Waals surface area (Å²) in [5.41, 5.74) is -18.4. The van der Waals surface area contributed by atoms with E-state index in [2.05, 4.69) is 14.8 Å². The number of carbonyl (C=O) groups is 1. The molecule has 0 aliphatic carbocycles. The van der Waals surface area contributed by atoms with Crippen LogP contribution in [0.25, 0.3) is 0 Å². The van der Waals surface area contributed by atoms with Gasteiger partial charge in [0.15, 0.2) is 6.10 Å². The van der Waals surface area contributed by atoms with Gasteiger partial charge in [0.1, 0.15) is 40.9 Å². The van der Waals surface area contributed by atoms with Crippen LogP contribution in [0.15, 0.2) is 146 Å². The second-order valence-electron chi connectivity index (χ2n) is 20.1. The van der Waals surface area contributed by atoms with Crippen molar-refractivity contribution >= 4 is 5.91 Å². The molecule has 34 heteroatoms. The van der Waals surface area contributed by atoms with Crippen LogP contribution >= 0.6 is 0 Å². The van der Waals surface area contributed by atoms with Crippen LogP contribution in [0.2, 0.25) is 0 Å². The van der Waals surface area contributed by atoms with E-state index in [0.29, 0.717) is 36.4 Å². The molecule has 1 amide bonds. The predicted octanol–water partition coefficient (Wildman–Crippen LogP) is 13.3. The molecule has 92 heavy (non-hydrogen) atoms. The highest BCUT2D eigenvalue weighted by atomic mass is 19.4. The molecule has 6 aromatic carbocycles. The maximum atomic E-state index is 14.8. The van der Waals surface area contributed by atoms with Crippen molar-refractivity contribution in [1.82, 2.24) is 10.6 Å². The second kappa shape index (κ2) is 29.2. The molecule has 0 aromatic heterocycles. The van der Waals surface area contributed by atoms with E-state index < -0.39 is 161 Å². The Bertz CT molecular complexity index is 3300. The van der Waals surface area contributed by atoms with Gasteiger partial charge >= 0.3 is 49.8 Å². The quantitative estimate of drug-likeness (QED) is 0.0387. The Hall–Kier alpha value is -7.53. The van der Waals surface area contributed by atoms with E-state index in [1.54, 1.807) is 5.32 Å². The third-order valence-electron chi connectivity index (χ3n) is 13.7. The molecule has 10 nitrogen and oxygen atoms in total. The second-order valence-corrected chi connectivity index (χ2v) is 20.1. The number of alkyl halides is 20. The Balaban J connectivity index is 0.000000309. The summed E-state index contributed by atoms with van der Waals surface area (Å²) in [6.07, 6.45) is -52.3. The fourth-order valence-electron chi connectivity index (χ4n) is 9.02. The first-order valence-electron chi connectivity index (χ1n) is 26.0. The van der Waals surface area contributed by atoms with E-state index in [1.165, 1.54) is 73.5 Å². The molecule has 0 radical (unpaired) electrons. The minimum atomic E-state index is -6.69. The first-order chi connectivity index (χ1) is 42.4. The Labute approximate surface area is 504 Å².